The highest BCUT2D eigenvalue weighted by Gasteiger charge is 2.24. The molecule has 0 aromatic heterocycles. The van der Waals surface area contributed by atoms with E-state index in [1.807, 2.05) is 27.7 Å². The number of nitrogens with one attached hydrogen (secondary N) is 1. The molecule has 0 aliphatic carbocycles. The summed E-state index contributed by atoms with van der Waals surface area (Å²) in [7, 11) is 0. The Morgan fingerprint density at radius 2 is 1.88 bits per heavy atom. The molecule has 2 N–H and O–H groups in total. The Kier molecular flexibility index (Phi) is 6.85. The highest BCUT2D eigenvalue weighted by molar-refractivity contribution is 5.77. The molecule has 0 fully saturated rings. The van der Waals surface area contributed by atoms with Gasteiger partial charge in [0.1, 0.15) is 0 Å². The van der Waals surface area contributed by atoms with Crippen LogP contribution in [0.15, 0.2) is 0 Å². The lowest BCUT2D eigenvalue weighted by Crippen LogP contribution is -2.34. The lowest BCUT2D eigenvalue weighted by atomic mass is 9.84. The monoisotopic (exact) mass is 243 g/mol. The summed E-state index contributed by atoms with van der Waals surface area (Å²) in [5.41, 5.74) is -0.0444. The standard InChI is InChI=1S/C13H25NO3/c1-5-6-7-11(15)14-9-10(12(16)17)8-13(2,3)4/h10H,5-9H2,1-4H3,(H,14,15)(H,16,17). The van der Waals surface area contributed by atoms with E-state index in [1.54, 1.807) is 0 Å². The predicted octanol–water partition coefficient (Wildman–Crippen LogP) is 2.43. The van der Waals surface area contributed by atoms with Crippen LogP contribution >= 0.6 is 0 Å². The number of carboxylic acids is 1. The van der Waals surface area contributed by atoms with E-state index in [9.17, 15) is 9.59 Å². The van der Waals surface area contributed by atoms with Crippen molar-refractivity contribution in [2.75, 3.05) is 6.54 Å². The van der Waals surface area contributed by atoms with Crippen molar-refractivity contribution in [2.45, 2.75) is 53.4 Å². The summed E-state index contributed by atoms with van der Waals surface area (Å²) >= 11 is 0. The zero-order valence-electron chi connectivity index (χ0n) is 11.4. The molecule has 4 nitrogen and oxygen atoms in total. The number of carboxylic acid groups (broad SMARTS) is 1. The van der Waals surface area contributed by atoms with Gasteiger partial charge < -0.3 is 10.4 Å². The maximum atomic E-state index is 11.4. The van der Waals surface area contributed by atoms with Gasteiger partial charge in [-0.2, -0.15) is 0 Å². The molecule has 0 aromatic rings. The maximum absolute atomic E-state index is 11.4. The van der Waals surface area contributed by atoms with Gasteiger partial charge in [-0.1, -0.05) is 34.1 Å². The normalized spacial score (nSPS) is 13.2. The molecule has 0 radical (unpaired) electrons. The fourth-order valence-corrected chi connectivity index (χ4v) is 1.65. The van der Waals surface area contributed by atoms with Gasteiger partial charge in [-0.3, -0.25) is 9.59 Å². The number of carbonyl (C=O) groups is 2. The molecule has 0 bridgehead atoms. The Hall–Kier alpha value is -1.06. The maximum Gasteiger partial charge on any atom is 0.308 e. The average Bonchev–Trinajstić information content (AvgIpc) is 2.19. The number of rotatable bonds is 7. The fraction of sp³-hybridized carbons (Fsp3) is 0.846. The highest BCUT2D eigenvalue weighted by Crippen LogP contribution is 2.24. The summed E-state index contributed by atoms with van der Waals surface area (Å²) < 4.78 is 0. The number of amides is 1. The van der Waals surface area contributed by atoms with Gasteiger partial charge in [0, 0.05) is 13.0 Å². The number of hydrogen-bond acceptors (Lipinski definition) is 2. The van der Waals surface area contributed by atoms with Crippen LogP contribution in [0.2, 0.25) is 0 Å². The van der Waals surface area contributed by atoms with Gasteiger partial charge in [-0.05, 0) is 18.3 Å². The van der Waals surface area contributed by atoms with Crippen LogP contribution in [-0.2, 0) is 9.59 Å². The Balaban J connectivity index is 4.10. The zero-order chi connectivity index (χ0) is 13.5. The van der Waals surface area contributed by atoms with Crippen molar-refractivity contribution < 1.29 is 14.7 Å². The summed E-state index contributed by atoms with van der Waals surface area (Å²) in [5.74, 6) is -1.39. The highest BCUT2D eigenvalue weighted by atomic mass is 16.4. The largest absolute Gasteiger partial charge is 0.481 e. The Bertz CT molecular complexity index is 256. The van der Waals surface area contributed by atoms with Crippen LogP contribution in [0.5, 0.6) is 0 Å². The predicted molar refractivity (Wildman–Crippen MR) is 67.7 cm³/mol. The summed E-state index contributed by atoms with van der Waals surface area (Å²) in [6.45, 7) is 8.26. The van der Waals surface area contributed by atoms with Crippen molar-refractivity contribution in [2.24, 2.45) is 11.3 Å². The number of carbonyl (C=O) groups excluding carboxylic acids is 1. The first-order chi connectivity index (χ1) is 7.76. The molecule has 1 amide bonds. The van der Waals surface area contributed by atoms with Gasteiger partial charge in [-0.25, -0.2) is 0 Å². The van der Waals surface area contributed by atoms with E-state index in [4.69, 9.17) is 5.11 Å². The molecule has 0 aliphatic heterocycles. The van der Waals surface area contributed by atoms with Crippen molar-refractivity contribution in [3.05, 3.63) is 0 Å². The van der Waals surface area contributed by atoms with Crippen LogP contribution in [0, 0.1) is 11.3 Å². The third-order valence-corrected chi connectivity index (χ3v) is 2.51. The van der Waals surface area contributed by atoms with Crippen molar-refractivity contribution in [1.82, 2.24) is 5.32 Å². The second kappa shape index (κ2) is 7.30. The molecule has 1 unspecified atom stereocenters. The molecule has 0 heterocycles. The van der Waals surface area contributed by atoms with Crippen molar-refractivity contribution in [3.8, 4) is 0 Å². The molecule has 4 heteroatoms. The Morgan fingerprint density at radius 1 is 1.29 bits per heavy atom. The molecule has 0 aliphatic rings. The van der Waals surface area contributed by atoms with Crippen LogP contribution in [0.3, 0.4) is 0 Å². The fourth-order valence-electron chi connectivity index (χ4n) is 1.65. The first-order valence-corrected chi connectivity index (χ1v) is 6.25. The average molecular weight is 243 g/mol. The third-order valence-electron chi connectivity index (χ3n) is 2.51. The lowest BCUT2D eigenvalue weighted by molar-refractivity contribution is -0.142. The van der Waals surface area contributed by atoms with Gasteiger partial charge in [0.2, 0.25) is 5.91 Å². The van der Waals surface area contributed by atoms with E-state index in [0.29, 0.717) is 12.8 Å². The number of unbranched alkanes of at least 4 members (excludes halogenated alkanes) is 1. The minimum atomic E-state index is -0.837. The van der Waals surface area contributed by atoms with E-state index in [-0.39, 0.29) is 17.9 Å². The first-order valence-electron chi connectivity index (χ1n) is 6.25. The molecule has 0 saturated heterocycles. The van der Waals surface area contributed by atoms with Crippen LogP contribution < -0.4 is 5.32 Å². The van der Waals surface area contributed by atoms with Crippen LogP contribution in [0.25, 0.3) is 0 Å². The van der Waals surface area contributed by atoms with E-state index in [0.717, 1.165) is 12.8 Å². The van der Waals surface area contributed by atoms with Gasteiger partial charge in [0.25, 0.3) is 0 Å². The van der Waals surface area contributed by atoms with Gasteiger partial charge in [-0.15, -0.1) is 0 Å². The summed E-state index contributed by atoms with van der Waals surface area (Å²) in [6, 6.07) is 0. The number of aliphatic carboxylic acids is 1. The van der Waals surface area contributed by atoms with Crippen molar-refractivity contribution in [3.63, 3.8) is 0 Å². The van der Waals surface area contributed by atoms with Gasteiger partial charge in [0.05, 0.1) is 5.92 Å². The van der Waals surface area contributed by atoms with Crippen molar-refractivity contribution >= 4 is 11.9 Å². The topological polar surface area (TPSA) is 66.4 Å². The van der Waals surface area contributed by atoms with Gasteiger partial charge in [0.15, 0.2) is 0 Å². The quantitative estimate of drug-likeness (QED) is 0.721. The third kappa shape index (κ3) is 8.72. The SMILES string of the molecule is CCCCC(=O)NCC(CC(C)(C)C)C(=O)O. The van der Waals surface area contributed by atoms with Crippen molar-refractivity contribution in [1.29, 1.82) is 0 Å². The second-order valence-corrected chi connectivity index (χ2v) is 5.71. The lowest BCUT2D eigenvalue weighted by Gasteiger charge is -2.23. The molecule has 0 aromatic carbocycles. The summed E-state index contributed by atoms with van der Waals surface area (Å²) in [6.07, 6.45) is 2.87. The Labute approximate surface area is 104 Å². The molecule has 0 rings (SSSR count). The van der Waals surface area contributed by atoms with E-state index >= 15 is 0 Å². The molecular formula is C13H25NO3. The molecule has 100 valence electrons. The molecule has 1 atom stereocenters. The van der Waals surface area contributed by atoms with Gasteiger partial charge >= 0.3 is 5.97 Å². The molecule has 0 spiro atoms. The molecule has 17 heavy (non-hydrogen) atoms. The zero-order valence-corrected chi connectivity index (χ0v) is 11.4. The summed E-state index contributed by atoms with van der Waals surface area (Å²) in [5, 5.41) is 11.8. The summed E-state index contributed by atoms with van der Waals surface area (Å²) in [4.78, 5) is 22.4. The minimum Gasteiger partial charge on any atom is -0.481 e. The van der Waals surface area contributed by atoms with E-state index in [1.165, 1.54) is 0 Å². The first kappa shape index (κ1) is 15.9. The minimum absolute atomic E-state index is 0.0444. The Morgan fingerprint density at radius 3 is 2.29 bits per heavy atom. The number of hydrogen-bond donors (Lipinski definition) is 2. The second-order valence-electron chi connectivity index (χ2n) is 5.71. The van der Waals surface area contributed by atoms with Crippen LogP contribution in [-0.4, -0.2) is 23.5 Å². The van der Waals surface area contributed by atoms with Crippen LogP contribution in [0.4, 0.5) is 0 Å². The van der Waals surface area contributed by atoms with E-state index < -0.39 is 11.9 Å². The smallest absolute Gasteiger partial charge is 0.308 e. The molecular weight excluding hydrogens is 218 g/mol. The molecule has 0 saturated carbocycles. The van der Waals surface area contributed by atoms with Crippen LogP contribution in [0.1, 0.15) is 53.4 Å². The van der Waals surface area contributed by atoms with E-state index in [2.05, 4.69) is 5.32 Å².